The molecule has 5 rings (SSSR count). The number of unbranched alkanes of at least 4 members (excludes halogenated alkanes) is 10. The lowest BCUT2D eigenvalue weighted by atomic mass is 9.70. The van der Waals surface area contributed by atoms with Crippen molar-refractivity contribution < 1.29 is 0 Å². The van der Waals surface area contributed by atoms with Crippen molar-refractivity contribution in [3.63, 3.8) is 0 Å². The molecule has 0 atom stereocenters. The van der Waals surface area contributed by atoms with Crippen LogP contribution in [0.15, 0.2) is 72.8 Å². The highest BCUT2D eigenvalue weighted by Gasteiger charge is 2.42. The molecule has 1 aliphatic rings. The van der Waals surface area contributed by atoms with E-state index in [0.717, 1.165) is 0 Å². The zero-order valence-electron chi connectivity index (χ0n) is 26.3. The van der Waals surface area contributed by atoms with Crippen molar-refractivity contribution in [2.75, 3.05) is 0 Å². The van der Waals surface area contributed by atoms with Crippen molar-refractivity contribution >= 4 is 10.8 Å². The predicted molar refractivity (Wildman–Crippen MR) is 181 cm³/mol. The van der Waals surface area contributed by atoms with Gasteiger partial charge in [-0.25, -0.2) is 0 Å². The van der Waals surface area contributed by atoms with E-state index < -0.39 is 0 Å². The van der Waals surface area contributed by atoms with Gasteiger partial charge < -0.3 is 0 Å². The Bertz CT molecular complexity index is 1420. The first-order valence-electron chi connectivity index (χ1n) is 16.8. The standard InChI is InChI=1S/C41H52/c1-5-7-9-11-13-15-25-41(26-16-14-12-10-8-6-2)39-28-32(4)18-23-37(39)38-24-22-36(30-40(38)41)35-21-20-33-27-31(3)17-19-34(33)29-35/h17-24,27-30H,5-16,25-26H2,1-4H3. The summed E-state index contributed by atoms with van der Waals surface area (Å²) in [6, 6.07) is 28.6. The third kappa shape index (κ3) is 6.63. The Labute approximate surface area is 250 Å². The molecule has 0 spiro atoms. The maximum absolute atomic E-state index is 2.59. The minimum Gasteiger partial charge on any atom is -0.0654 e. The summed E-state index contributed by atoms with van der Waals surface area (Å²) < 4.78 is 0. The van der Waals surface area contributed by atoms with Crippen molar-refractivity contribution in [1.82, 2.24) is 0 Å². The van der Waals surface area contributed by atoms with Crippen LogP contribution < -0.4 is 0 Å². The molecule has 0 fully saturated rings. The molecule has 0 aromatic heterocycles. The largest absolute Gasteiger partial charge is 0.0654 e. The molecular weight excluding hydrogens is 492 g/mol. The number of aryl methyl sites for hydroxylation is 2. The van der Waals surface area contributed by atoms with E-state index in [1.807, 2.05) is 0 Å². The summed E-state index contributed by atoms with van der Waals surface area (Å²) >= 11 is 0. The SMILES string of the molecule is CCCCCCCCC1(CCCCCCCC)c2cc(C)ccc2-c2ccc(-c3ccc4cc(C)ccc4c3)cc21. The van der Waals surface area contributed by atoms with Gasteiger partial charge in [0.1, 0.15) is 0 Å². The highest BCUT2D eigenvalue weighted by atomic mass is 14.4. The third-order valence-electron chi connectivity index (χ3n) is 9.76. The van der Waals surface area contributed by atoms with Crippen LogP contribution in [0.3, 0.4) is 0 Å². The monoisotopic (exact) mass is 544 g/mol. The van der Waals surface area contributed by atoms with Crippen LogP contribution in [0.2, 0.25) is 0 Å². The van der Waals surface area contributed by atoms with Crippen LogP contribution in [0, 0.1) is 13.8 Å². The Morgan fingerprint density at radius 1 is 0.439 bits per heavy atom. The lowest BCUT2D eigenvalue weighted by Gasteiger charge is -2.33. The Kier molecular flexibility index (Phi) is 10.0. The average Bonchev–Trinajstić information content (AvgIpc) is 3.24. The lowest BCUT2D eigenvalue weighted by molar-refractivity contribution is 0.398. The molecule has 0 N–H and O–H groups in total. The number of benzene rings is 4. The maximum atomic E-state index is 2.59. The van der Waals surface area contributed by atoms with Gasteiger partial charge in [0.2, 0.25) is 0 Å². The lowest BCUT2D eigenvalue weighted by Crippen LogP contribution is -2.25. The quantitative estimate of drug-likeness (QED) is 0.131. The summed E-state index contributed by atoms with van der Waals surface area (Å²) in [5.74, 6) is 0. The smallest absolute Gasteiger partial charge is 0.0215 e. The summed E-state index contributed by atoms with van der Waals surface area (Å²) in [5, 5.41) is 2.66. The van der Waals surface area contributed by atoms with E-state index in [1.54, 1.807) is 11.1 Å². The summed E-state index contributed by atoms with van der Waals surface area (Å²) in [5.41, 5.74) is 11.7. The Morgan fingerprint density at radius 2 is 0.902 bits per heavy atom. The van der Waals surface area contributed by atoms with Gasteiger partial charge >= 0.3 is 0 Å². The molecular formula is C41H52. The van der Waals surface area contributed by atoms with E-state index in [4.69, 9.17) is 0 Å². The van der Waals surface area contributed by atoms with E-state index in [0.29, 0.717) is 0 Å². The number of fused-ring (bicyclic) bond motifs is 4. The van der Waals surface area contributed by atoms with Crippen molar-refractivity contribution in [2.24, 2.45) is 0 Å². The highest BCUT2D eigenvalue weighted by Crippen LogP contribution is 2.55. The topological polar surface area (TPSA) is 0 Å². The van der Waals surface area contributed by atoms with E-state index in [1.165, 1.54) is 134 Å². The highest BCUT2D eigenvalue weighted by molar-refractivity contribution is 5.89. The first kappa shape index (κ1) is 29.6. The fourth-order valence-electron chi connectivity index (χ4n) is 7.41. The second-order valence-electron chi connectivity index (χ2n) is 13.0. The molecule has 0 saturated heterocycles. The van der Waals surface area contributed by atoms with Crippen LogP contribution in [-0.2, 0) is 5.41 Å². The molecule has 0 radical (unpaired) electrons. The van der Waals surface area contributed by atoms with Crippen LogP contribution in [-0.4, -0.2) is 0 Å². The molecule has 0 unspecified atom stereocenters. The molecule has 1 aliphatic carbocycles. The van der Waals surface area contributed by atoms with Gasteiger partial charge in [0.15, 0.2) is 0 Å². The molecule has 0 heteroatoms. The Hall–Kier alpha value is -2.86. The Balaban J connectivity index is 1.52. The van der Waals surface area contributed by atoms with Gasteiger partial charge in [0, 0.05) is 5.41 Å². The summed E-state index contributed by atoms with van der Waals surface area (Å²) in [6.45, 7) is 9.10. The zero-order valence-corrected chi connectivity index (χ0v) is 26.3. The van der Waals surface area contributed by atoms with E-state index in [9.17, 15) is 0 Å². The molecule has 0 nitrogen and oxygen atoms in total. The molecule has 0 amide bonds. The normalized spacial score (nSPS) is 13.5. The van der Waals surface area contributed by atoms with Crippen LogP contribution in [0.4, 0.5) is 0 Å². The molecule has 0 saturated carbocycles. The number of hydrogen-bond donors (Lipinski definition) is 0. The second-order valence-corrected chi connectivity index (χ2v) is 13.0. The van der Waals surface area contributed by atoms with Crippen LogP contribution in [0.1, 0.15) is 126 Å². The van der Waals surface area contributed by atoms with E-state index >= 15 is 0 Å². The summed E-state index contributed by atoms with van der Waals surface area (Å²) in [7, 11) is 0. The van der Waals surface area contributed by atoms with Gasteiger partial charge in [-0.15, -0.1) is 0 Å². The molecule has 0 bridgehead atoms. The van der Waals surface area contributed by atoms with Crippen molar-refractivity contribution in [2.45, 2.75) is 123 Å². The first-order chi connectivity index (χ1) is 20.1. The molecule has 41 heavy (non-hydrogen) atoms. The molecule has 4 aromatic rings. The minimum atomic E-state index is 0.135. The minimum absolute atomic E-state index is 0.135. The number of rotatable bonds is 15. The number of hydrogen-bond acceptors (Lipinski definition) is 0. The van der Waals surface area contributed by atoms with Gasteiger partial charge in [0.05, 0.1) is 0 Å². The third-order valence-corrected chi connectivity index (χ3v) is 9.76. The summed E-state index contributed by atoms with van der Waals surface area (Å²) in [4.78, 5) is 0. The average molecular weight is 545 g/mol. The summed E-state index contributed by atoms with van der Waals surface area (Å²) in [6.07, 6.45) is 18.8. The molecule has 216 valence electrons. The second kappa shape index (κ2) is 13.9. The van der Waals surface area contributed by atoms with Crippen molar-refractivity contribution in [3.8, 4) is 22.3 Å². The molecule has 0 aliphatic heterocycles. The predicted octanol–water partition coefficient (Wildman–Crippen LogP) is 12.9. The zero-order chi connectivity index (χ0) is 28.7. The van der Waals surface area contributed by atoms with Gasteiger partial charge in [-0.2, -0.15) is 0 Å². The maximum Gasteiger partial charge on any atom is 0.0215 e. The first-order valence-corrected chi connectivity index (χ1v) is 16.8. The van der Waals surface area contributed by atoms with Crippen molar-refractivity contribution in [3.05, 3.63) is 95.1 Å². The fraction of sp³-hybridized carbons (Fsp3) is 0.463. The van der Waals surface area contributed by atoms with Crippen molar-refractivity contribution in [1.29, 1.82) is 0 Å². The van der Waals surface area contributed by atoms with Gasteiger partial charge in [-0.05, 0) is 83.0 Å². The van der Waals surface area contributed by atoms with Crippen LogP contribution in [0.5, 0.6) is 0 Å². The van der Waals surface area contributed by atoms with E-state index in [2.05, 4.69) is 100 Å². The van der Waals surface area contributed by atoms with E-state index in [-0.39, 0.29) is 5.41 Å². The van der Waals surface area contributed by atoms with Crippen LogP contribution >= 0.6 is 0 Å². The van der Waals surface area contributed by atoms with Crippen LogP contribution in [0.25, 0.3) is 33.0 Å². The van der Waals surface area contributed by atoms with Gasteiger partial charge in [-0.3, -0.25) is 0 Å². The molecule has 0 heterocycles. The van der Waals surface area contributed by atoms with Gasteiger partial charge in [0.25, 0.3) is 0 Å². The fourth-order valence-corrected chi connectivity index (χ4v) is 7.41. The Morgan fingerprint density at radius 3 is 1.59 bits per heavy atom. The van der Waals surface area contributed by atoms with Gasteiger partial charge in [-0.1, -0.05) is 163 Å². The molecule has 4 aromatic carbocycles.